The summed E-state index contributed by atoms with van der Waals surface area (Å²) in [6.45, 7) is 0. The molecular formula is C56H30N4O2. The summed E-state index contributed by atoms with van der Waals surface area (Å²) in [7, 11) is 0. The fourth-order valence-corrected chi connectivity index (χ4v) is 11.4. The number of benzene rings is 9. The number of hydrogen-bond acceptors (Lipinski definition) is 2. The van der Waals surface area contributed by atoms with E-state index in [0.29, 0.717) is 21.5 Å². The van der Waals surface area contributed by atoms with Crippen molar-refractivity contribution in [3.63, 3.8) is 0 Å². The van der Waals surface area contributed by atoms with Crippen LogP contribution in [0, 0.1) is 0 Å². The molecule has 0 aliphatic heterocycles. The molecule has 0 aliphatic rings. The van der Waals surface area contributed by atoms with Crippen LogP contribution in [0.2, 0.25) is 0 Å². The van der Waals surface area contributed by atoms with Gasteiger partial charge in [0.05, 0.1) is 77.3 Å². The van der Waals surface area contributed by atoms with Gasteiger partial charge in [0, 0.05) is 53.9 Å². The Kier molecular flexibility index (Phi) is 5.85. The van der Waals surface area contributed by atoms with Crippen LogP contribution in [0.15, 0.2) is 192 Å². The van der Waals surface area contributed by atoms with Gasteiger partial charge in [-0.05, 0) is 72.8 Å². The summed E-state index contributed by atoms with van der Waals surface area (Å²) >= 11 is 0. The second-order valence-corrected chi connectivity index (χ2v) is 16.7. The average Bonchev–Trinajstić information content (AvgIpc) is 4.04. The summed E-state index contributed by atoms with van der Waals surface area (Å²) in [6, 6.07) is 63.1. The molecule has 0 spiro atoms. The maximum Gasteiger partial charge on any atom is 0.199 e. The molecule has 6 heteroatoms. The molecule has 0 saturated carbocycles. The molecule has 0 saturated heterocycles. The van der Waals surface area contributed by atoms with E-state index in [1.807, 2.05) is 36.4 Å². The van der Waals surface area contributed by atoms with Crippen molar-refractivity contribution in [1.29, 1.82) is 0 Å². The topological polar surface area (TPSA) is 52.8 Å². The van der Waals surface area contributed by atoms with Gasteiger partial charge in [0.25, 0.3) is 0 Å². The van der Waals surface area contributed by atoms with Gasteiger partial charge in [-0.2, -0.15) is 0 Å². The van der Waals surface area contributed by atoms with Gasteiger partial charge in [0.1, 0.15) is 0 Å². The number of pyridine rings is 2. The van der Waals surface area contributed by atoms with Gasteiger partial charge in [0.2, 0.25) is 0 Å². The molecule has 0 bridgehead atoms. The first-order valence-electron chi connectivity index (χ1n) is 21.0. The average molecular weight is 791 g/mol. The van der Waals surface area contributed by atoms with E-state index in [4.69, 9.17) is 0 Å². The summed E-state index contributed by atoms with van der Waals surface area (Å²) in [5.41, 5.74) is 11.5. The smallest absolute Gasteiger partial charge is 0.199 e. The van der Waals surface area contributed by atoms with Crippen LogP contribution in [0.3, 0.4) is 0 Å². The number of rotatable bonds is 2. The lowest BCUT2D eigenvalue weighted by Crippen LogP contribution is -2.10. The molecule has 15 rings (SSSR count). The van der Waals surface area contributed by atoms with Crippen LogP contribution in [-0.2, 0) is 0 Å². The molecule has 6 aromatic heterocycles. The zero-order valence-electron chi connectivity index (χ0n) is 32.9. The minimum absolute atomic E-state index is 0.0157. The van der Waals surface area contributed by atoms with Crippen molar-refractivity contribution in [1.82, 2.24) is 17.9 Å². The van der Waals surface area contributed by atoms with Gasteiger partial charge in [0.15, 0.2) is 10.9 Å². The van der Waals surface area contributed by atoms with Gasteiger partial charge in [-0.25, -0.2) is 0 Å². The quantitative estimate of drug-likeness (QED) is 0.164. The maximum absolute atomic E-state index is 15.1. The SMILES string of the molecule is O=c1c2ccccc2n2c3cc4c(cc3c3ccc(-n5c6ccccc6c6ccccc65)c1c32)c1ccc(-n2c3ccccc3c3ccccc32)c2c(=O)c3ccccc3n4c21. The Morgan fingerprint density at radius 2 is 0.581 bits per heavy atom. The molecule has 0 atom stereocenters. The van der Waals surface area contributed by atoms with Crippen LogP contribution >= 0.6 is 0 Å². The van der Waals surface area contributed by atoms with Gasteiger partial charge in [-0.1, -0.05) is 109 Å². The van der Waals surface area contributed by atoms with E-state index in [1.165, 1.54) is 0 Å². The lowest BCUT2D eigenvalue weighted by Gasteiger charge is -2.14. The third-order valence-corrected chi connectivity index (χ3v) is 13.8. The molecule has 0 amide bonds. The Balaban J connectivity index is 1.13. The fraction of sp³-hybridized carbons (Fsp3) is 0. The van der Waals surface area contributed by atoms with Crippen molar-refractivity contribution in [3.8, 4) is 11.4 Å². The normalized spacial score (nSPS) is 12.6. The van der Waals surface area contributed by atoms with E-state index in [0.717, 1.165) is 110 Å². The van der Waals surface area contributed by atoms with Crippen LogP contribution in [0.1, 0.15) is 0 Å². The molecule has 0 unspecified atom stereocenters. The predicted molar refractivity (Wildman–Crippen MR) is 257 cm³/mol. The Hall–Kier alpha value is -8.48. The summed E-state index contributed by atoms with van der Waals surface area (Å²) in [5, 5.41) is 11.4. The van der Waals surface area contributed by atoms with Crippen LogP contribution < -0.4 is 10.9 Å². The third kappa shape index (κ3) is 3.74. The van der Waals surface area contributed by atoms with Crippen LogP contribution in [0.25, 0.3) is 131 Å². The second kappa shape index (κ2) is 11.2. The first kappa shape index (κ1) is 32.4. The third-order valence-electron chi connectivity index (χ3n) is 13.8. The predicted octanol–water partition coefficient (Wildman–Crippen LogP) is 12.9. The van der Waals surface area contributed by atoms with Gasteiger partial charge in [-0.3, -0.25) is 9.59 Å². The summed E-state index contributed by atoms with van der Waals surface area (Å²) in [5.74, 6) is 0. The lowest BCUT2D eigenvalue weighted by molar-refractivity contribution is 1.19. The fourth-order valence-electron chi connectivity index (χ4n) is 11.4. The van der Waals surface area contributed by atoms with E-state index in [2.05, 4.69) is 164 Å². The molecule has 62 heavy (non-hydrogen) atoms. The Labute approximate surface area is 350 Å². The molecule has 0 fully saturated rings. The molecule has 6 heterocycles. The van der Waals surface area contributed by atoms with E-state index in [-0.39, 0.29) is 10.9 Å². The second-order valence-electron chi connectivity index (χ2n) is 16.7. The highest BCUT2D eigenvalue weighted by Gasteiger charge is 2.26. The molecule has 15 aromatic rings. The summed E-state index contributed by atoms with van der Waals surface area (Å²) in [6.07, 6.45) is 0. The van der Waals surface area contributed by atoms with Crippen LogP contribution in [0.4, 0.5) is 0 Å². The highest BCUT2D eigenvalue weighted by Crippen LogP contribution is 2.44. The Morgan fingerprint density at radius 3 is 0.952 bits per heavy atom. The number of nitrogens with zero attached hydrogens (tertiary/aromatic N) is 4. The van der Waals surface area contributed by atoms with Crippen molar-refractivity contribution < 1.29 is 0 Å². The van der Waals surface area contributed by atoms with E-state index >= 15 is 9.59 Å². The first-order valence-corrected chi connectivity index (χ1v) is 21.0. The highest BCUT2D eigenvalue weighted by atomic mass is 16.1. The van der Waals surface area contributed by atoms with Crippen molar-refractivity contribution >= 4 is 120 Å². The molecule has 0 aliphatic carbocycles. The molecule has 6 nitrogen and oxygen atoms in total. The summed E-state index contributed by atoms with van der Waals surface area (Å²) in [4.78, 5) is 30.1. The highest BCUT2D eigenvalue weighted by molar-refractivity contribution is 6.26. The zero-order chi connectivity index (χ0) is 40.5. The standard InChI is InChI=1S/C56H30N4O2/c61-55-37-17-5-11-23-45(37)59-49-30-50-40(29-39(49)35-25-27-47(51(55)53(35)59)57-41-19-7-1-13-31(41)32-14-2-8-20-42(32)57)36-26-28-48(52-54(36)60(50)46-24-12-6-18-38(46)56(52)62)58-43-21-9-3-15-33(43)34-16-4-10-22-44(34)58/h1-30H. The molecule has 0 N–H and O–H groups in total. The van der Waals surface area contributed by atoms with Gasteiger partial charge < -0.3 is 17.9 Å². The van der Waals surface area contributed by atoms with Crippen molar-refractivity contribution in [2.24, 2.45) is 0 Å². The molecule has 286 valence electrons. The monoisotopic (exact) mass is 790 g/mol. The minimum Gasteiger partial charge on any atom is -0.308 e. The zero-order valence-corrected chi connectivity index (χ0v) is 32.9. The number of aromatic nitrogens is 4. The minimum atomic E-state index is 0.0157. The molecule has 9 aromatic carbocycles. The maximum atomic E-state index is 15.1. The van der Waals surface area contributed by atoms with Crippen molar-refractivity contribution in [2.45, 2.75) is 0 Å². The Bertz CT molecular complexity index is 4220. The Morgan fingerprint density at radius 1 is 0.258 bits per heavy atom. The van der Waals surface area contributed by atoms with E-state index < -0.39 is 0 Å². The van der Waals surface area contributed by atoms with E-state index in [9.17, 15) is 0 Å². The van der Waals surface area contributed by atoms with E-state index in [1.54, 1.807) is 0 Å². The van der Waals surface area contributed by atoms with Crippen LogP contribution in [-0.4, -0.2) is 17.9 Å². The first-order chi connectivity index (χ1) is 30.7. The van der Waals surface area contributed by atoms with Crippen molar-refractivity contribution in [3.05, 3.63) is 202 Å². The lowest BCUT2D eigenvalue weighted by atomic mass is 10.0. The molecule has 0 radical (unpaired) electrons. The summed E-state index contributed by atoms with van der Waals surface area (Å²) < 4.78 is 9.15. The number of fused-ring (bicyclic) bond motifs is 16. The van der Waals surface area contributed by atoms with Gasteiger partial charge >= 0.3 is 0 Å². The number of hydrogen-bond donors (Lipinski definition) is 0. The van der Waals surface area contributed by atoms with Crippen molar-refractivity contribution in [2.75, 3.05) is 0 Å². The van der Waals surface area contributed by atoms with Crippen LogP contribution in [0.5, 0.6) is 0 Å². The number of para-hydroxylation sites is 6. The molecular weight excluding hydrogens is 761 g/mol. The van der Waals surface area contributed by atoms with Gasteiger partial charge in [-0.15, -0.1) is 0 Å². The largest absolute Gasteiger partial charge is 0.308 e.